The monoisotopic (exact) mass is 453 g/mol. The van der Waals surface area contributed by atoms with Crippen LogP contribution in [0.4, 0.5) is 11.4 Å². The zero-order chi connectivity index (χ0) is 22.9. The molecular formula is C23H20ClN3O5. The Bertz CT molecular complexity index is 1150. The van der Waals surface area contributed by atoms with Gasteiger partial charge in [0, 0.05) is 0 Å². The lowest BCUT2D eigenvalue weighted by Gasteiger charge is -2.12. The fourth-order valence-corrected chi connectivity index (χ4v) is 2.86. The number of carbonyl (C=O) groups is 2. The summed E-state index contributed by atoms with van der Waals surface area (Å²) in [5, 5.41) is 16.3. The van der Waals surface area contributed by atoms with Crippen LogP contribution < -0.4 is 20.2 Å². The van der Waals surface area contributed by atoms with Crippen molar-refractivity contribution in [2.24, 2.45) is 5.10 Å². The molecule has 0 saturated heterocycles. The highest BCUT2D eigenvalue weighted by molar-refractivity contribution is 6.33. The van der Waals surface area contributed by atoms with Crippen molar-refractivity contribution in [2.45, 2.75) is 0 Å². The Morgan fingerprint density at radius 1 is 1.06 bits per heavy atom. The van der Waals surface area contributed by atoms with Crippen molar-refractivity contribution >= 4 is 41.1 Å². The Morgan fingerprint density at radius 2 is 1.88 bits per heavy atom. The maximum atomic E-state index is 12.1. The van der Waals surface area contributed by atoms with Crippen LogP contribution in [-0.2, 0) is 4.79 Å². The summed E-state index contributed by atoms with van der Waals surface area (Å²) < 4.78 is 10.9. The van der Waals surface area contributed by atoms with Crippen LogP contribution in [0.3, 0.4) is 0 Å². The van der Waals surface area contributed by atoms with Gasteiger partial charge in [-0.05, 0) is 54.1 Å². The molecule has 0 fully saturated rings. The number of rotatable bonds is 9. The van der Waals surface area contributed by atoms with Crippen LogP contribution in [0, 0.1) is 0 Å². The van der Waals surface area contributed by atoms with Crippen LogP contribution in [0.25, 0.3) is 0 Å². The molecule has 8 nitrogen and oxygen atoms in total. The smallest absolute Gasteiger partial charge is 0.335 e. The number of halogens is 1. The molecule has 0 aromatic heterocycles. The lowest BCUT2D eigenvalue weighted by atomic mass is 10.2. The number of nitrogens with zero attached hydrogens (tertiary/aromatic N) is 1. The first-order valence-corrected chi connectivity index (χ1v) is 9.81. The van der Waals surface area contributed by atoms with E-state index in [0.717, 1.165) is 0 Å². The number of aromatic carboxylic acids is 1. The van der Waals surface area contributed by atoms with Crippen LogP contribution in [0.5, 0.6) is 11.5 Å². The summed E-state index contributed by atoms with van der Waals surface area (Å²) >= 11 is 6.03. The molecule has 0 aliphatic carbocycles. The summed E-state index contributed by atoms with van der Waals surface area (Å²) in [6.07, 6.45) is 1.55. The van der Waals surface area contributed by atoms with E-state index in [9.17, 15) is 9.59 Å². The summed E-state index contributed by atoms with van der Waals surface area (Å²) in [5.74, 6) is -0.564. The number of carbonyl (C=O) groups excluding carboxylic acids is 1. The first-order chi connectivity index (χ1) is 15.5. The summed E-state index contributed by atoms with van der Waals surface area (Å²) in [4.78, 5) is 23.2. The first-order valence-electron chi connectivity index (χ1n) is 9.44. The molecule has 0 unspecified atom stereocenters. The normalized spacial score (nSPS) is 10.6. The number of carboxylic acids is 1. The van der Waals surface area contributed by atoms with Gasteiger partial charge >= 0.3 is 5.97 Å². The fraction of sp³-hybridized carbons (Fsp3) is 0.0870. The first kappa shape index (κ1) is 22.6. The van der Waals surface area contributed by atoms with Gasteiger partial charge in [-0.3, -0.25) is 10.2 Å². The molecule has 32 heavy (non-hydrogen) atoms. The predicted octanol–water partition coefficient (Wildman–Crippen LogP) is 4.51. The molecule has 9 heteroatoms. The minimum atomic E-state index is -1.02. The van der Waals surface area contributed by atoms with Crippen molar-refractivity contribution < 1.29 is 24.2 Å². The van der Waals surface area contributed by atoms with Crippen molar-refractivity contribution in [1.82, 2.24) is 0 Å². The van der Waals surface area contributed by atoms with Gasteiger partial charge in [-0.2, -0.15) is 5.10 Å². The van der Waals surface area contributed by atoms with Gasteiger partial charge in [-0.1, -0.05) is 29.8 Å². The Hall–Kier alpha value is -4.04. The van der Waals surface area contributed by atoms with E-state index in [1.54, 1.807) is 60.8 Å². The topological polar surface area (TPSA) is 109 Å². The molecule has 0 spiro atoms. The number of amides is 1. The minimum absolute atomic E-state index is 0.159. The molecule has 0 aliphatic rings. The van der Waals surface area contributed by atoms with Gasteiger partial charge < -0.3 is 19.9 Å². The predicted molar refractivity (Wildman–Crippen MR) is 123 cm³/mol. The van der Waals surface area contributed by atoms with Crippen molar-refractivity contribution in [3.05, 3.63) is 82.9 Å². The van der Waals surface area contributed by atoms with Crippen molar-refractivity contribution in [2.75, 3.05) is 24.5 Å². The molecular weight excluding hydrogens is 434 g/mol. The molecule has 0 aliphatic heterocycles. The number of para-hydroxylation sites is 1. The van der Waals surface area contributed by atoms with Gasteiger partial charge in [0.2, 0.25) is 0 Å². The summed E-state index contributed by atoms with van der Waals surface area (Å²) in [7, 11) is 1.49. The van der Waals surface area contributed by atoms with E-state index in [4.69, 9.17) is 26.2 Å². The SMILES string of the molecule is COc1cc(/C=N/Nc2cccc(C(=O)O)c2)ccc1OCC(=O)Nc1ccccc1Cl. The van der Waals surface area contributed by atoms with Crippen LogP contribution >= 0.6 is 11.6 Å². The average Bonchev–Trinajstić information content (AvgIpc) is 2.79. The van der Waals surface area contributed by atoms with Crippen LogP contribution in [-0.4, -0.2) is 36.9 Å². The molecule has 0 heterocycles. The molecule has 1 amide bonds. The highest BCUT2D eigenvalue weighted by Crippen LogP contribution is 2.28. The fourth-order valence-electron chi connectivity index (χ4n) is 2.68. The second-order valence-corrected chi connectivity index (χ2v) is 6.89. The van der Waals surface area contributed by atoms with E-state index in [1.807, 2.05) is 0 Å². The number of hydrogen-bond donors (Lipinski definition) is 3. The number of hydrogen-bond acceptors (Lipinski definition) is 6. The Labute approximate surface area is 189 Å². The van der Waals surface area contributed by atoms with Gasteiger partial charge in [-0.15, -0.1) is 0 Å². The third-order valence-electron chi connectivity index (χ3n) is 4.21. The number of carboxylic acid groups (broad SMARTS) is 1. The number of methoxy groups -OCH3 is 1. The lowest BCUT2D eigenvalue weighted by Crippen LogP contribution is -2.20. The van der Waals surface area contributed by atoms with E-state index in [2.05, 4.69) is 15.8 Å². The quantitative estimate of drug-likeness (QED) is 0.325. The molecule has 0 radical (unpaired) electrons. The molecule has 0 atom stereocenters. The second-order valence-electron chi connectivity index (χ2n) is 6.48. The van der Waals surface area contributed by atoms with Crippen LogP contribution in [0.1, 0.15) is 15.9 Å². The molecule has 3 rings (SSSR count). The van der Waals surface area contributed by atoms with Crippen molar-refractivity contribution in [3.8, 4) is 11.5 Å². The molecule has 0 saturated carbocycles. The van der Waals surface area contributed by atoms with E-state index >= 15 is 0 Å². The summed E-state index contributed by atoms with van der Waals surface area (Å²) in [5.41, 5.74) is 4.68. The molecule has 3 aromatic rings. The van der Waals surface area contributed by atoms with Crippen molar-refractivity contribution in [3.63, 3.8) is 0 Å². The number of anilines is 2. The summed E-state index contributed by atoms with van der Waals surface area (Å²) in [6, 6.07) is 18.3. The highest BCUT2D eigenvalue weighted by atomic mass is 35.5. The molecule has 3 aromatic carbocycles. The third kappa shape index (κ3) is 6.23. The van der Waals surface area contributed by atoms with Gasteiger partial charge in [0.1, 0.15) is 0 Å². The number of ether oxygens (including phenoxy) is 2. The van der Waals surface area contributed by atoms with Gasteiger partial charge in [0.05, 0.1) is 35.3 Å². The Kier molecular flexibility index (Phi) is 7.66. The summed E-state index contributed by atoms with van der Waals surface area (Å²) in [6.45, 7) is -0.226. The Balaban J connectivity index is 1.60. The Morgan fingerprint density at radius 3 is 2.62 bits per heavy atom. The number of hydrazone groups is 1. The zero-order valence-electron chi connectivity index (χ0n) is 17.0. The van der Waals surface area contributed by atoms with Gasteiger partial charge in [0.15, 0.2) is 18.1 Å². The van der Waals surface area contributed by atoms with E-state index < -0.39 is 5.97 Å². The lowest BCUT2D eigenvalue weighted by molar-refractivity contribution is -0.118. The number of benzene rings is 3. The average molecular weight is 454 g/mol. The van der Waals surface area contributed by atoms with Gasteiger partial charge in [0.25, 0.3) is 5.91 Å². The van der Waals surface area contributed by atoms with Crippen LogP contribution in [0.15, 0.2) is 71.8 Å². The number of nitrogens with one attached hydrogen (secondary N) is 2. The maximum Gasteiger partial charge on any atom is 0.335 e. The van der Waals surface area contributed by atoms with Crippen LogP contribution in [0.2, 0.25) is 5.02 Å². The molecule has 0 bridgehead atoms. The third-order valence-corrected chi connectivity index (χ3v) is 4.54. The van der Waals surface area contributed by atoms with E-state index in [0.29, 0.717) is 33.5 Å². The van der Waals surface area contributed by atoms with E-state index in [-0.39, 0.29) is 18.1 Å². The second kappa shape index (κ2) is 10.8. The molecule has 3 N–H and O–H groups in total. The molecule has 164 valence electrons. The highest BCUT2D eigenvalue weighted by Gasteiger charge is 2.10. The largest absolute Gasteiger partial charge is 0.493 e. The van der Waals surface area contributed by atoms with Crippen molar-refractivity contribution in [1.29, 1.82) is 0 Å². The zero-order valence-corrected chi connectivity index (χ0v) is 17.8. The maximum absolute atomic E-state index is 12.1. The standard InChI is InChI=1S/C23H20ClN3O5/c1-31-21-11-15(13-25-27-17-6-4-5-16(12-17)23(29)30)9-10-20(21)32-14-22(28)26-19-8-3-2-7-18(19)24/h2-13,27H,14H2,1H3,(H,26,28)(H,29,30)/b25-13+. The van der Waals surface area contributed by atoms with E-state index in [1.165, 1.54) is 19.2 Å². The minimum Gasteiger partial charge on any atom is -0.493 e. The van der Waals surface area contributed by atoms with Gasteiger partial charge in [-0.25, -0.2) is 4.79 Å².